The van der Waals surface area contributed by atoms with Crippen molar-refractivity contribution in [3.8, 4) is 0 Å². The molecule has 1 aliphatic heterocycles. The Morgan fingerprint density at radius 3 is 2.71 bits per heavy atom. The Kier molecular flexibility index (Phi) is 4.46. The number of hydrogen-bond acceptors (Lipinski definition) is 6. The van der Waals surface area contributed by atoms with Crippen LogP contribution in [0.15, 0.2) is 34.2 Å². The number of rotatable bonds is 4. The van der Waals surface area contributed by atoms with E-state index in [1.54, 1.807) is 0 Å². The molecule has 1 saturated heterocycles. The lowest BCUT2D eigenvalue weighted by molar-refractivity contribution is -0.387. The van der Waals surface area contributed by atoms with Gasteiger partial charge in [-0.1, -0.05) is 12.1 Å². The van der Waals surface area contributed by atoms with E-state index in [0.717, 1.165) is 16.8 Å². The van der Waals surface area contributed by atoms with Gasteiger partial charge in [-0.3, -0.25) is 10.1 Å². The minimum atomic E-state index is -4.09. The van der Waals surface area contributed by atoms with Crippen molar-refractivity contribution in [2.24, 2.45) is 4.99 Å². The van der Waals surface area contributed by atoms with Crippen LogP contribution < -0.4 is 0 Å². The number of nitro groups is 1. The first-order valence-electron chi connectivity index (χ1n) is 6.30. The standard InChI is InChI=1S/C12H13N3O5S/c16-9-13-12-7-3-4-8-14(12)21(19,20)11-6-2-1-5-10(11)15(17)18/h1-2,5-6,12H,3-4,7-8H2. The first-order valence-corrected chi connectivity index (χ1v) is 7.74. The number of isocyanates is 1. The molecule has 0 amide bonds. The molecular formula is C12H13N3O5S. The highest BCUT2D eigenvalue weighted by molar-refractivity contribution is 7.89. The summed E-state index contributed by atoms with van der Waals surface area (Å²) in [6.45, 7) is 0.171. The van der Waals surface area contributed by atoms with Crippen LogP contribution in [0.4, 0.5) is 5.69 Å². The Morgan fingerprint density at radius 1 is 1.33 bits per heavy atom. The van der Waals surface area contributed by atoms with Crippen molar-refractivity contribution in [2.45, 2.75) is 30.3 Å². The van der Waals surface area contributed by atoms with Crippen LogP contribution in [0.2, 0.25) is 0 Å². The molecule has 1 heterocycles. The number of benzene rings is 1. The van der Waals surface area contributed by atoms with E-state index in [0.29, 0.717) is 12.8 Å². The van der Waals surface area contributed by atoms with E-state index in [9.17, 15) is 23.3 Å². The smallest absolute Gasteiger partial charge is 0.258 e. The fourth-order valence-corrected chi connectivity index (χ4v) is 4.06. The molecule has 1 aliphatic rings. The maximum atomic E-state index is 12.6. The predicted molar refractivity (Wildman–Crippen MR) is 72.7 cm³/mol. The summed E-state index contributed by atoms with van der Waals surface area (Å²) in [7, 11) is -4.09. The molecule has 1 aromatic carbocycles. The minimum absolute atomic E-state index is 0.171. The average molecular weight is 311 g/mol. The van der Waals surface area contributed by atoms with E-state index >= 15 is 0 Å². The second-order valence-corrected chi connectivity index (χ2v) is 6.40. The number of hydrogen-bond donors (Lipinski definition) is 0. The van der Waals surface area contributed by atoms with Crippen LogP contribution in [0.3, 0.4) is 0 Å². The summed E-state index contributed by atoms with van der Waals surface area (Å²) in [6.07, 6.45) is 2.27. The van der Waals surface area contributed by atoms with Crippen molar-refractivity contribution in [1.29, 1.82) is 0 Å². The average Bonchev–Trinajstić information content (AvgIpc) is 2.48. The van der Waals surface area contributed by atoms with Crippen molar-refractivity contribution in [3.05, 3.63) is 34.4 Å². The number of piperidine rings is 1. The van der Waals surface area contributed by atoms with Crippen LogP contribution in [-0.4, -0.2) is 36.4 Å². The molecule has 112 valence electrons. The van der Waals surface area contributed by atoms with Gasteiger partial charge in [0.15, 0.2) is 4.90 Å². The van der Waals surface area contributed by atoms with Crippen LogP contribution in [0.5, 0.6) is 0 Å². The molecule has 0 spiro atoms. The lowest BCUT2D eigenvalue weighted by atomic mass is 10.1. The summed E-state index contributed by atoms with van der Waals surface area (Å²) in [5, 5.41) is 11.0. The first kappa shape index (κ1) is 15.3. The number of nitrogens with zero attached hydrogens (tertiary/aromatic N) is 3. The van der Waals surface area contributed by atoms with E-state index in [4.69, 9.17) is 0 Å². The van der Waals surface area contributed by atoms with Crippen LogP contribution in [0, 0.1) is 10.1 Å². The fourth-order valence-electron chi connectivity index (χ4n) is 2.31. The lowest BCUT2D eigenvalue weighted by Crippen LogP contribution is -2.42. The molecule has 2 rings (SSSR count). The maximum Gasteiger partial charge on any atom is 0.289 e. The monoisotopic (exact) mass is 311 g/mol. The minimum Gasteiger partial charge on any atom is -0.258 e. The summed E-state index contributed by atoms with van der Waals surface area (Å²) in [4.78, 5) is 23.8. The molecule has 0 aliphatic carbocycles. The van der Waals surface area contributed by atoms with Gasteiger partial charge in [0.25, 0.3) is 15.7 Å². The van der Waals surface area contributed by atoms with Crippen molar-refractivity contribution in [1.82, 2.24) is 4.31 Å². The zero-order valence-corrected chi connectivity index (χ0v) is 11.8. The van der Waals surface area contributed by atoms with Crippen molar-refractivity contribution in [2.75, 3.05) is 6.54 Å². The highest BCUT2D eigenvalue weighted by atomic mass is 32.2. The zero-order chi connectivity index (χ0) is 15.5. The van der Waals surface area contributed by atoms with Crippen LogP contribution in [-0.2, 0) is 14.8 Å². The molecule has 0 aromatic heterocycles. The van der Waals surface area contributed by atoms with E-state index < -0.39 is 26.8 Å². The molecule has 1 unspecified atom stereocenters. The summed E-state index contributed by atoms with van der Waals surface area (Å²) in [5.74, 6) is 0. The zero-order valence-electron chi connectivity index (χ0n) is 11.0. The number of sulfonamides is 1. The summed E-state index contributed by atoms with van der Waals surface area (Å²) in [6, 6.07) is 5.13. The predicted octanol–water partition coefficient (Wildman–Crippen LogP) is 1.43. The van der Waals surface area contributed by atoms with Gasteiger partial charge in [0, 0.05) is 12.6 Å². The van der Waals surface area contributed by atoms with Gasteiger partial charge < -0.3 is 0 Å². The highest BCUT2D eigenvalue weighted by Gasteiger charge is 2.37. The lowest BCUT2D eigenvalue weighted by Gasteiger charge is -2.30. The molecule has 1 aromatic rings. The fraction of sp³-hybridized carbons (Fsp3) is 0.417. The second kappa shape index (κ2) is 6.13. The molecule has 21 heavy (non-hydrogen) atoms. The van der Waals surface area contributed by atoms with Crippen LogP contribution in [0.25, 0.3) is 0 Å². The van der Waals surface area contributed by atoms with E-state index in [1.807, 2.05) is 0 Å². The highest BCUT2D eigenvalue weighted by Crippen LogP contribution is 2.30. The molecular weight excluding hydrogens is 298 g/mol. The molecule has 8 nitrogen and oxygen atoms in total. The normalized spacial score (nSPS) is 19.7. The third-order valence-corrected chi connectivity index (χ3v) is 5.22. The molecule has 0 bridgehead atoms. The van der Waals surface area contributed by atoms with Crippen LogP contribution >= 0.6 is 0 Å². The SMILES string of the molecule is O=C=NC1CCCCN1S(=O)(=O)c1ccccc1[N+](=O)[O-]. The molecule has 1 fully saturated rings. The molecule has 0 saturated carbocycles. The molecule has 0 N–H and O–H groups in total. The molecule has 0 radical (unpaired) electrons. The third kappa shape index (κ3) is 2.99. The van der Waals surface area contributed by atoms with Crippen LogP contribution in [0.1, 0.15) is 19.3 Å². The van der Waals surface area contributed by atoms with Gasteiger partial charge in [-0.25, -0.2) is 13.2 Å². The van der Waals surface area contributed by atoms with Gasteiger partial charge in [0.05, 0.1) is 4.92 Å². The van der Waals surface area contributed by atoms with E-state index in [-0.39, 0.29) is 11.4 Å². The van der Waals surface area contributed by atoms with Gasteiger partial charge >= 0.3 is 0 Å². The number of nitro benzene ring substituents is 1. The molecule has 9 heteroatoms. The third-order valence-electron chi connectivity index (χ3n) is 3.27. The number of para-hydroxylation sites is 1. The summed E-state index contributed by atoms with van der Waals surface area (Å²) in [5.41, 5.74) is -0.489. The Bertz CT molecular complexity index is 697. The Hall–Kier alpha value is -2.09. The number of carbonyl (C=O) groups excluding carboxylic acids is 1. The first-order chi connectivity index (χ1) is 9.98. The Labute approximate surface area is 121 Å². The quantitative estimate of drug-likeness (QED) is 0.361. The van der Waals surface area contributed by atoms with Gasteiger partial charge in [-0.15, -0.1) is 0 Å². The Balaban J connectivity index is 2.50. The topological polar surface area (TPSA) is 110 Å². The van der Waals surface area contributed by atoms with Gasteiger partial charge in [-0.2, -0.15) is 9.30 Å². The van der Waals surface area contributed by atoms with Crippen molar-refractivity contribution >= 4 is 21.8 Å². The summed E-state index contributed by atoms with van der Waals surface area (Å²) >= 11 is 0. The second-order valence-electron chi connectivity index (χ2n) is 4.54. The number of aliphatic imine (C=N–C) groups is 1. The van der Waals surface area contributed by atoms with Gasteiger partial charge in [0.2, 0.25) is 6.08 Å². The maximum absolute atomic E-state index is 12.6. The van der Waals surface area contributed by atoms with E-state index in [2.05, 4.69) is 4.99 Å². The van der Waals surface area contributed by atoms with Gasteiger partial charge in [-0.05, 0) is 25.3 Å². The van der Waals surface area contributed by atoms with Crippen molar-refractivity contribution in [3.63, 3.8) is 0 Å². The van der Waals surface area contributed by atoms with Crippen molar-refractivity contribution < 1.29 is 18.1 Å². The summed E-state index contributed by atoms with van der Waals surface area (Å²) < 4.78 is 26.3. The van der Waals surface area contributed by atoms with Gasteiger partial charge in [0.1, 0.15) is 6.17 Å². The Morgan fingerprint density at radius 2 is 2.05 bits per heavy atom. The largest absolute Gasteiger partial charge is 0.289 e. The molecule has 1 atom stereocenters. The van der Waals surface area contributed by atoms with E-state index in [1.165, 1.54) is 24.3 Å².